The SMILES string of the molecule is CC(C)CCNC(=O)COc1ccc(N(C)S(=O)(=O)c2cccs2)cc1. The summed E-state index contributed by atoms with van der Waals surface area (Å²) in [6.07, 6.45) is 0.922. The Kier molecular flexibility index (Phi) is 7.05. The molecule has 1 amide bonds. The number of thiophene rings is 1. The van der Waals surface area contributed by atoms with Crippen molar-refractivity contribution in [2.24, 2.45) is 5.92 Å². The van der Waals surface area contributed by atoms with Gasteiger partial charge < -0.3 is 10.1 Å². The topological polar surface area (TPSA) is 75.7 Å². The number of nitrogens with one attached hydrogen (secondary N) is 1. The van der Waals surface area contributed by atoms with E-state index < -0.39 is 10.0 Å². The van der Waals surface area contributed by atoms with Crippen LogP contribution in [0, 0.1) is 5.92 Å². The first-order chi connectivity index (χ1) is 12.3. The first-order valence-electron chi connectivity index (χ1n) is 8.32. The van der Waals surface area contributed by atoms with Crippen LogP contribution in [0.1, 0.15) is 20.3 Å². The lowest BCUT2D eigenvalue weighted by Gasteiger charge is -2.18. The first-order valence-corrected chi connectivity index (χ1v) is 10.6. The molecule has 0 spiro atoms. The molecule has 0 fully saturated rings. The summed E-state index contributed by atoms with van der Waals surface area (Å²) in [6.45, 7) is 4.75. The Morgan fingerprint density at radius 1 is 1.23 bits per heavy atom. The third-order valence-corrected chi connectivity index (χ3v) is 6.88. The molecule has 142 valence electrons. The fourth-order valence-corrected chi connectivity index (χ4v) is 4.49. The van der Waals surface area contributed by atoms with E-state index in [1.807, 2.05) is 0 Å². The zero-order valence-corrected chi connectivity index (χ0v) is 16.8. The Hall–Kier alpha value is -2.06. The number of amides is 1. The van der Waals surface area contributed by atoms with Gasteiger partial charge in [-0.3, -0.25) is 9.10 Å². The highest BCUT2D eigenvalue weighted by atomic mass is 32.2. The van der Waals surface area contributed by atoms with Crippen LogP contribution in [0.4, 0.5) is 5.69 Å². The van der Waals surface area contributed by atoms with Crippen LogP contribution in [0.3, 0.4) is 0 Å². The summed E-state index contributed by atoms with van der Waals surface area (Å²) < 4.78 is 31.9. The van der Waals surface area contributed by atoms with Crippen molar-refractivity contribution in [3.8, 4) is 5.75 Å². The van der Waals surface area contributed by atoms with Crippen LogP contribution >= 0.6 is 11.3 Å². The quantitative estimate of drug-likeness (QED) is 0.707. The molecule has 0 bridgehead atoms. The van der Waals surface area contributed by atoms with Crippen LogP contribution in [0.15, 0.2) is 46.0 Å². The van der Waals surface area contributed by atoms with Gasteiger partial charge in [-0.1, -0.05) is 19.9 Å². The van der Waals surface area contributed by atoms with Crippen molar-refractivity contribution in [1.82, 2.24) is 5.32 Å². The van der Waals surface area contributed by atoms with Gasteiger partial charge in [0.2, 0.25) is 0 Å². The number of carbonyl (C=O) groups excluding carboxylic acids is 1. The van der Waals surface area contributed by atoms with Gasteiger partial charge in [-0.15, -0.1) is 11.3 Å². The lowest BCUT2D eigenvalue weighted by molar-refractivity contribution is -0.123. The lowest BCUT2D eigenvalue weighted by atomic mass is 10.1. The molecule has 0 aliphatic rings. The van der Waals surface area contributed by atoms with Gasteiger partial charge in [0, 0.05) is 13.6 Å². The number of sulfonamides is 1. The van der Waals surface area contributed by atoms with Crippen molar-refractivity contribution in [3.63, 3.8) is 0 Å². The molecule has 26 heavy (non-hydrogen) atoms. The van der Waals surface area contributed by atoms with E-state index in [9.17, 15) is 13.2 Å². The number of benzene rings is 1. The maximum absolute atomic E-state index is 12.5. The molecule has 0 saturated heterocycles. The van der Waals surface area contributed by atoms with Crippen molar-refractivity contribution in [3.05, 3.63) is 41.8 Å². The van der Waals surface area contributed by atoms with Gasteiger partial charge in [-0.25, -0.2) is 8.42 Å². The zero-order chi connectivity index (χ0) is 19.2. The molecule has 1 aromatic carbocycles. The molecule has 1 heterocycles. The van der Waals surface area contributed by atoms with E-state index >= 15 is 0 Å². The molecular formula is C18H24N2O4S2. The Balaban J connectivity index is 1.91. The van der Waals surface area contributed by atoms with E-state index in [1.54, 1.807) is 41.8 Å². The highest BCUT2D eigenvalue weighted by Crippen LogP contribution is 2.26. The number of hydrogen-bond acceptors (Lipinski definition) is 5. The average molecular weight is 397 g/mol. The van der Waals surface area contributed by atoms with E-state index in [2.05, 4.69) is 19.2 Å². The van der Waals surface area contributed by atoms with Crippen LogP contribution in [-0.4, -0.2) is 34.5 Å². The number of nitrogens with zero attached hydrogens (tertiary/aromatic N) is 1. The minimum atomic E-state index is -3.56. The van der Waals surface area contributed by atoms with Crippen molar-refractivity contribution in [1.29, 1.82) is 0 Å². The van der Waals surface area contributed by atoms with Crippen LogP contribution < -0.4 is 14.4 Å². The highest BCUT2D eigenvalue weighted by Gasteiger charge is 2.22. The molecule has 0 aliphatic carbocycles. The third-order valence-electron chi connectivity index (χ3n) is 3.72. The molecule has 0 radical (unpaired) electrons. The van der Waals surface area contributed by atoms with E-state index in [1.165, 1.54) is 22.7 Å². The Labute approximate surface area is 158 Å². The van der Waals surface area contributed by atoms with E-state index in [4.69, 9.17) is 4.74 Å². The van der Waals surface area contributed by atoms with Gasteiger partial charge in [0.1, 0.15) is 9.96 Å². The van der Waals surface area contributed by atoms with Gasteiger partial charge in [0.05, 0.1) is 5.69 Å². The van der Waals surface area contributed by atoms with Gasteiger partial charge in [-0.05, 0) is 48.1 Å². The lowest BCUT2D eigenvalue weighted by Crippen LogP contribution is -2.30. The Bertz CT molecular complexity index is 800. The number of carbonyl (C=O) groups is 1. The van der Waals surface area contributed by atoms with Gasteiger partial charge in [0.25, 0.3) is 15.9 Å². The molecule has 1 aromatic heterocycles. The molecular weight excluding hydrogens is 372 g/mol. The second-order valence-electron chi connectivity index (χ2n) is 6.22. The maximum Gasteiger partial charge on any atom is 0.273 e. The molecule has 0 atom stereocenters. The second-order valence-corrected chi connectivity index (χ2v) is 9.36. The maximum atomic E-state index is 12.5. The summed E-state index contributed by atoms with van der Waals surface area (Å²) in [5, 5.41) is 4.53. The molecule has 2 aromatic rings. The fourth-order valence-electron chi connectivity index (χ4n) is 2.14. The first kappa shape index (κ1) is 20.3. The zero-order valence-electron chi connectivity index (χ0n) is 15.1. The van der Waals surface area contributed by atoms with Crippen LogP contribution in [0.2, 0.25) is 0 Å². The van der Waals surface area contributed by atoms with Crippen molar-refractivity contribution in [2.45, 2.75) is 24.5 Å². The second kappa shape index (κ2) is 9.05. The molecule has 1 N–H and O–H groups in total. The molecule has 0 unspecified atom stereocenters. The normalized spacial score (nSPS) is 11.4. The third kappa shape index (κ3) is 5.47. The number of ether oxygens (including phenoxy) is 1. The van der Waals surface area contributed by atoms with Crippen LogP contribution in [0.25, 0.3) is 0 Å². The molecule has 2 rings (SSSR count). The number of anilines is 1. The molecule has 8 heteroatoms. The highest BCUT2D eigenvalue weighted by molar-refractivity contribution is 7.94. The summed E-state index contributed by atoms with van der Waals surface area (Å²) in [6, 6.07) is 9.88. The summed E-state index contributed by atoms with van der Waals surface area (Å²) in [7, 11) is -2.05. The van der Waals surface area contributed by atoms with E-state index in [0.717, 1.165) is 6.42 Å². The Morgan fingerprint density at radius 2 is 1.92 bits per heavy atom. The smallest absolute Gasteiger partial charge is 0.273 e. The molecule has 0 saturated carbocycles. The molecule has 6 nitrogen and oxygen atoms in total. The van der Waals surface area contributed by atoms with Gasteiger partial charge in [0.15, 0.2) is 6.61 Å². The van der Waals surface area contributed by atoms with E-state index in [0.29, 0.717) is 28.1 Å². The van der Waals surface area contributed by atoms with Crippen molar-refractivity contribution >= 4 is 33.0 Å². The monoisotopic (exact) mass is 396 g/mol. The van der Waals surface area contributed by atoms with Crippen molar-refractivity contribution < 1.29 is 17.9 Å². The minimum Gasteiger partial charge on any atom is -0.484 e. The summed E-state index contributed by atoms with van der Waals surface area (Å²) in [5.41, 5.74) is 0.520. The van der Waals surface area contributed by atoms with Crippen LogP contribution in [0.5, 0.6) is 5.75 Å². The predicted octanol–water partition coefficient (Wildman–Crippen LogP) is 3.11. The average Bonchev–Trinajstić information content (AvgIpc) is 3.15. The summed E-state index contributed by atoms with van der Waals surface area (Å²) >= 11 is 1.18. The van der Waals surface area contributed by atoms with Crippen molar-refractivity contribution in [2.75, 3.05) is 24.5 Å². The fraction of sp³-hybridized carbons (Fsp3) is 0.389. The van der Waals surface area contributed by atoms with E-state index in [-0.39, 0.29) is 12.5 Å². The largest absolute Gasteiger partial charge is 0.484 e. The predicted molar refractivity (Wildman–Crippen MR) is 104 cm³/mol. The minimum absolute atomic E-state index is 0.0687. The number of rotatable bonds is 9. The Morgan fingerprint density at radius 3 is 2.50 bits per heavy atom. The van der Waals surface area contributed by atoms with Gasteiger partial charge in [-0.2, -0.15) is 0 Å². The molecule has 0 aliphatic heterocycles. The van der Waals surface area contributed by atoms with Gasteiger partial charge >= 0.3 is 0 Å². The van der Waals surface area contributed by atoms with Crippen LogP contribution in [-0.2, 0) is 14.8 Å². The summed E-state index contributed by atoms with van der Waals surface area (Å²) in [5.74, 6) is 0.869. The number of hydrogen-bond donors (Lipinski definition) is 1. The standard InChI is InChI=1S/C18H24N2O4S2/c1-14(2)10-11-19-17(21)13-24-16-8-6-15(7-9-16)20(3)26(22,23)18-5-4-12-25-18/h4-9,12,14H,10-11,13H2,1-3H3,(H,19,21). The summed E-state index contributed by atoms with van der Waals surface area (Å²) in [4.78, 5) is 11.7.